The van der Waals surface area contributed by atoms with Crippen LogP contribution in [0.4, 0.5) is 0 Å². The molecule has 0 bridgehead atoms. The van der Waals surface area contributed by atoms with E-state index < -0.39 is 6.10 Å². The first-order valence-electron chi connectivity index (χ1n) is 4.67. The van der Waals surface area contributed by atoms with Crippen molar-refractivity contribution in [1.82, 2.24) is 0 Å². The van der Waals surface area contributed by atoms with E-state index in [-0.39, 0.29) is 0 Å². The van der Waals surface area contributed by atoms with Gasteiger partial charge in [0.05, 0.1) is 25.3 Å². The van der Waals surface area contributed by atoms with Crippen molar-refractivity contribution >= 4 is 11.6 Å². The largest absolute Gasteiger partial charge is 0.493 e. The van der Waals surface area contributed by atoms with Crippen LogP contribution < -0.4 is 9.47 Å². The molecule has 0 radical (unpaired) electrons. The molecule has 0 saturated heterocycles. The molecule has 0 aromatic heterocycles. The molecule has 0 heterocycles. The second kappa shape index (κ2) is 5.24. The highest BCUT2D eigenvalue weighted by Crippen LogP contribution is 2.37. The maximum absolute atomic E-state index is 9.29. The first-order chi connectivity index (χ1) is 7.10. The molecule has 0 fully saturated rings. The SMILES string of the molecule is COc1ccc(CC(C)O)c(Cl)c1OC. The van der Waals surface area contributed by atoms with Gasteiger partial charge in [0.25, 0.3) is 0 Å². The van der Waals surface area contributed by atoms with E-state index in [9.17, 15) is 5.11 Å². The number of rotatable bonds is 4. The minimum Gasteiger partial charge on any atom is -0.493 e. The van der Waals surface area contributed by atoms with Crippen LogP contribution in [-0.4, -0.2) is 25.4 Å². The fraction of sp³-hybridized carbons (Fsp3) is 0.455. The average molecular weight is 231 g/mol. The average Bonchev–Trinajstić information content (AvgIpc) is 2.20. The molecule has 15 heavy (non-hydrogen) atoms. The second-order valence-corrected chi connectivity index (χ2v) is 3.71. The van der Waals surface area contributed by atoms with E-state index in [2.05, 4.69) is 0 Å². The number of hydrogen-bond acceptors (Lipinski definition) is 3. The van der Waals surface area contributed by atoms with Crippen molar-refractivity contribution in [2.75, 3.05) is 14.2 Å². The lowest BCUT2D eigenvalue weighted by molar-refractivity contribution is 0.195. The molecule has 0 amide bonds. The van der Waals surface area contributed by atoms with Crippen LogP contribution in [0.1, 0.15) is 12.5 Å². The van der Waals surface area contributed by atoms with Crippen LogP contribution in [0, 0.1) is 0 Å². The number of methoxy groups -OCH3 is 2. The van der Waals surface area contributed by atoms with Crippen LogP contribution >= 0.6 is 11.6 Å². The van der Waals surface area contributed by atoms with Crippen molar-refractivity contribution < 1.29 is 14.6 Å². The van der Waals surface area contributed by atoms with Crippen molar-refractivity contribution in [3.8, 4) is 11.5 Å². The molecule has 0 aliphatic carbocycles. The first-order valence-corrected chi connectivity index (χ1v) is 5.05. The van der Waals surface area contributed by atoms with Crippen LogP contribution in [0.15, 0.2) is 12.1 Å². The first kappa shape index (κ1) is 12.1. The van der Waals surface area contributed by atoms with Gasteiger partial charge >= 0.3 is 0 Å². The summed E-state index contributed by atoms with van der Waals surface area (Å²) in [6.07, 6.45) is 0.0692. The van der Waals surface area contributed by atoms with Gasteiger partial charge in [-0.15, -0.1) is 0 Å². The van der Waals surface area contributed by atoms with E-state index in [1.807, 2.05) is 6.07 Å². The lowest BCUT2D eigenvalue weighted by atomic mass is 10.1. The third kappa shape index (κ3) is 2.76. The maximum atomic E-state index is 9.29. The quantitative estimate of drug-likeness (QED) is 0.863. The standard InChI is InChI=1S/C11H15ClO3/c1-7(13)6-8-4-5-9(14-2)11(15-3)10(8)12/h4-5,7,13H,6H2,1-3H3. The van der Waals surface area contributed by atoms with Gasteiger partial charge in [0.2, 0.25) is 0 Å². The van der Waals surface area contributed by atoms with Gasteiger partial charge < -0.3 is 14.6 Å². The molecule has 3 nitrogen and oxygen atoms in total. The number of hydrogen-bond donors (Lipinski definition) is 1. The molecule has 1 aromatic carbocycles. The molecule has 0 aliphatic rings. The van der Waals surface area contributed by atoms with E-state index in [4.69, 9.17) is 21.1 Å². The Morgan fingerprint density at radius 2 is 2.00 bits per heavy atom. The Kier molecular flexibility index (Phi) is 4.24. The van der Waals surface area contributed by atoms with E-state index in [1.165, 1.54) is 7.11 Å². The van der Waals surface area contributed by atoms with Gasteiger partial charge in [-0.2, -0.15) is 0 Å². The van der Waals surface area contributed by atoms with Gasteiger partial charge in [0, 0.05) is 0 Å². The molecule has 84 valence electrons. The van der Waals surface area contributed by atoms with Gasteiger partial charge in [-0.1, -0.05) is 17.7 Å². The topological polar surface area (TPSA) is 38.7 Å². The van der Waals surface area contributed by atoms with Crippen LogP contribution in [0.3, 0.4) is 0 Å². The summed E-state index contributed by atoms with van der Waals surface area (Å²) >= 11 is 6.12. The number of ether oxygens (including phenoxy) is 2. The third-order valence-electron chi connectivity index (χ3n) is 2.08. The monoisotopic (exact) mass is 230 g/mol. The van der Waals surface area contributed by atoms with E-state index in [1.54, 1.807) is 20.1 Å². The minimum absolute atomic E-state index is 0.430. The number of aliphatic hydroxyl groups excluding tert-OH is 1. The van der Waals surface area contributed by atoms with Crippen LogP contribution in [0.5, 0.6) is 11.5 Å². The van der Waals surface area contributed by atoms with Crippen LogP contribution in [-0.2, 0) is 6.42 Å². The van der Waals surface area contributed by atoms with Crippen LogP contribution in [0.2, 0.25) is 5.02 Å². The summed E-state index contributed by atoms with van der Waals surface area (Å²) in [5.74, 6) is 1.11. The summed E-state index contributed by atoms with van der Waals surface area (Å²) in [5, 5.41) is 9.79. The predicted octanol–water partition coefficient (Wildman–Crippen LogP) is 2.28. The molecule has 1 N–H and O–H groups in total. The van der Waals surface area contributed by atoms with Gasteiger partial charge in [-0.3, -0.25) is 0 Å². The summed E-state index contributed by atoms with van der Waals surface area (Å²) in [6.45, 7) is 1.72. The molecule has 0 aliphatic heterocycles. The van der Waals surface area contributed by atoms with Crippen molar-refractivity contribution in [3.05, 3.63) is 22.7 Å². The van der Waals surface area contributed by atoms with Crippen LogP contribution in [0.25, 0.3) is 0 Å². The Morgan fingerprint density at radius 3 is 2.47 bits per heavy atom. The van der Waals surface area contributed by atoms with E-state index >= 15 is 0 Å². The lowest BCUT2D eigenvalue weighted by Crippen LogP contribution is -2.05. The smallest absolute Gasteiger partial charge is 0.179 e. The minimum atomic E-state index is -0.430. The molecule has 0 spiro atoms. The van der Waals surface area contributed by atoms with Crippen molar-refractivity contribution in [2.45, 2.75) is 19.4 Å². The fourth-order valence-corrected chi connectivity index (χ4v) is 1.72. The molecular formula is C11H15ClO3. The highest BCUT2D eigenvalue weighted by atomic mass is 35.5. The molecule has 1 aromatic rings. The zero-order chi connectivity index (χ0) is 11.4. The normalized spacial score (nSPS) is 12.3. The van der Waals surface area contributed by atoms with Gasteiger partial charge in [0.1, 0.15) is 0 Å². The Labute approximate surface area is 94.6 Å². The summed E-state index contributed by atoms with van der Waals surface area (Å²) in [5.41, 5.74) is 0.851. The Bertz CT molecular complexity index is 337. The van der Waals surface area contributed by atoms with Crippen molar-refractivity contribution in [1.29, 1.82) is 0 Å². The maximum Gasteiger partial charge on any atom is 0.179 e. The highest BCUT2D eigenvalue weighted by Gasteiger charge is 2.13. The Balaban J connectivity index is 3.11. The zero-order valence-electron chi connectivity index (χ0n) is 9.08. The lowest BCUT2D eigenvalue weighted by Gasteiger charge is -2.13. The molecular weight excluding hydrogens is 216 g/mol. The second-order valence-electron chi connectivity index (χ2n) is 3.33. The summed E-state index contributed by atoms with van der Waals surface area (Å²) in [7, 11) is 3.10. The van der Waals surface area contributed by atoms with Gasteiger partial charge in [-0.05, 0) is 25.0 Å². The summed E-state index contributed by atoms with van der Waals surface area (Å²) in [6, 6.07) is 3.61. The Hall–Kier alpha value is -0.930. The van der Waals surface area contributed by atoms with E-state index in [0.29, 0.717) is 22.9 Å². The zero-order valence-corrected chi connectivity index (χ0v) is 9.84. The predicted molar refractivity (Wildman–Crippen MR) is 59.9 cm³/mol. The number of halogens is 1. The highest BCUT2D eigenvalue weighted by molar-refractivity contribution is 6.33. The Morgan fingerprint density at radius 1 is 1.33 bits per heavy atom. The van der Waals surface area contributed by atoms with Gasteiger partial charge in [-0.25, -0.2) is 0 Å². The summed E-state index contributed by atoms with van der Waals surface area (Å²) < 4.78 is 10.3. The van der Waals surface area contributed by atoms with Crippen molar-refractivity contribution in [3.63, 3.8) is 0 Å². The van der Waals surface area contributed by atoms with Gasteiger partial charge in [0.15, 0.2) is 11.5 Å². The summed E-state index contributed by atoms with van der Waals surface area (Å²) in [4.78, 5) is 0. The molecule has 0 saturated carbocycles. The third-order valence-corrected chi connectivity index (χ3v) is 2.49. The number of benzene rings is 1. The fourth-order valence-electron chi connectivity index (χ4n) is 1.41. The molecule has 1 atom stereocenters. The number of aliphatic hydroxyl groups is 1. The molecule has 1 unspecified atom stereocenters. The molecule has 4 heteroatoms. The van der Waals surface area contributed by atoms with E-state index in [0.717, 1.165) is 5.56 Å². The van der Waals surface area contributed by atoms with Crippen molar-refractivity contribution in [2.24, 2.45) is 0 Å². The molecule has 1 rings (SSSR count).